The number of nitrogens with zero attached hydrogens (tertiary/aromatic N) is 3. The van der Waals surface area contributed by atoms with Crippen LogP contribution in [-0.4, -0.2) is 55.1 Å². The number of nitriles is 1. The smallest absolute Gasteiger partial charge is 0.409 e. The number of nitrogens with one attached hydrogen (secondary N) is 1. The Balaban J connectivity index is 1.81. The number of anilines is 1. The van der Waals surface area contributed by atoms with Gasteiger partial charge in [0.15, 0.2) is 0 Å². The van der Waals surface area contributed by atoms with E-state index in [-0.39, 0.29) is 36.9 Å². The predicted molar refractivity (Wildman–Crippen MR) is 104 cm³/mol. The average Bonchev–Trinajstić information content (AvgIpc) is 2.69. The summed E-state index contributed by atoms with van der Waals surface area (Å²) in [5.74, 6) is -0.297. The molecule has 3 amide bonds. The van der Waals surface area contributed by atoms with Crippen molar-refractivity contribution in [1.82, 2.24) is 10.2 Å². The Labute approximate surface area is 165 Å². The molecule has 1 aliphatic heterocycles. The summed E-state index contributed by atoms with van der Waals surface area (Å²) in [5.41, 5.74) is 1.17. The lowest BCUT2D eigenvalue weighted by Gasteiger charge is -2.31. The first-order valence-electron chi connectivity index (χ1n) is 9.44. The third kappa shape index (κ3) is 5.98. The summed E-state index contributed by atoms with van der Waals surface area (Å²) in [5, 5.41) is 11.8. The highest BCUT2D eigenvalue weighted by atomic mass is 16.6. The predicted octanol–water partition coefficient (Wildman–Crippen LogP) is 2.04. The molecule has 1 fully saturated rings. The van der Waals surface area contributed by atoms with E-state index in [0.29, 0.717) is 43.8 Å². The Hall–Kier alpha value is -3.08. The van der Waals surface area contributed by atoms with Crippen LogP contribution in [0.3, 0.4) is 0 Å². The van der Waals surface area contributed by atoms with Gasteiger partial charge in [0.05, 0.1) is 18.2 Å². The van der Waals surface area contributed by atoms with Crippen LogP contribution in [0.4, 0.5) is 10.5 Å². The van der Waals surface area contributed by atoms with Crippen LogP contribution in [-0.2, 0) is 14.3 Å². The van der Waals surface area contributed by atoms with Gasteiger partial charge in [0, 0.05) is 44.7 Å². The second-order valence-corrected chi connectivity index (χ2v) is 6.61. The zero-order valence-electron chi connectivity index (χ0n) is 16.3. The van der Waals surface area contributed by atoms with Crippen LogP contribution in [0.2, 0.25) is 0 Å². The van der Waals surface area contributed by atoms with Crippen molar-refractivity contribution >= 4 is 23.6 Å². The van der Waals surface area contributed by atoms with Crippen LogP contribution in [0.1, 0.15) is 38.7 Å². The highest BCUT2D eigenvalue weighted by molar-refractivity contribution is 5.92. The van der Waals surface area contributed by atoms with E-state index < -0.39 is 0 Å². The summed E-state index contributed by atoms with van der Waals surface area (Å²) in [6.07, 6.45) is 1.22. The van der Waals surface area contributed by atoms with Gasteiger partial charge in [0.2, 0.25) is 11.8 Å². The van der Waals surface area contributed by atoms with Gasteiger partial charge in [-0.3, -0.25) is 9.59 Å². The second kappa shape index (κ2) is 10.3. The molecule has 0 unspecified atom stereocenters. The highest BCUT2D eigenvalue weighted by Gasteiger charge is 2.24. The molecule has 150 valence electrons. The van der Waals surface area contributed by atoms with Crippen molar-refractivity contribution in [3.8, 4) is 6.07 Å². The molecule has 0 bridgehead atoms. The van der Waals surface area contributed by atoms with Crippen molar-refractivity contribution in [3.05, 3.63) is 29.8 Å². The van der Waals surface area contributed by atoms with Crippen LogP contribution in [0.15, 0.2) is 24.3 Å². The molecule has 1 aromatic rings. The van der Waals surface area contributed by atoms with Gasteiger partial charge in [-0.2, -0.15) is 5.26 Å². The fourth-order valence-corrected chi connectivity index (χ4v) is 3.12. The molecule has 1 aliphatic rings. The number of amides is 3. The Morgan fingerprint density at radius 3 is 2.43 bits per heavy atom. The molecule has 0 saturated carbocycles. The average molecular weight is 386 g/mol. The Morgan fingerprint density at radius 1 is 1.25 bits per heavy atom. The van der Waals surface area contributed by atoms with Crippen molar-refractivity contribution in [3.63, 3.8) is 0 Å². The van der Waals surface area contributed by atoms with E-state index in [1.54, 1.807) is 36.1 Å². The van der Waals surface area contributed by atoms with E-state index in [1.165, 1.54) is 11.8 Å². The maximum absolute atomic E-state index is 12.3. The zero-order chi connectivity index (χ0) is 20.5. The lowest BCUT2D eigenvalue weighted by molar-refractivity contribution is -0.122. The fourth-order valence-electron chi connectivity index (χ4n) is 3.12. The van der Waals surface area contributed by atoms with Gasteiger partial charge in [0.25, 0.3) is 0 Å². The van der Waals surface area contributed by atoms with E-state index in [0.717, 1.165) is 0 Å². The first-order valence-corrected chi connectivity index (χ1v) is 9.44. The number of hydrogen-bond donors (Lipinski definition) is 1. The van der Waals surface area contributed by atoms with Crippen LogP contribution in [0, 0.1) is 11.3 Å². The van der Waals surface area contributed by atoms with Crippen molar-refractivity contribution in [2.45, 2.75) is 39.2 Å². The van der Waals surface area contributed by atoms with Crippen molar-refractivity contribution in [1.29, 1.82) is 5.26 Å². The lowest BCUT2D eigenvalue weighted by Crippen LogP contribution is -2.47. The highest BCUT2D eigenvalue weighted by Crippen LogP contribution is 2.16. The van der Waals surface area contributed by atoms with E-state index in [9.17, 15) is 14.4 Å². The van der Waals surface area contributed by atoms with Crippen LogP contribution >= 0.6 is 0 Å². The molecule has 0 atom stereocenters. The molecule has 1 aromatic carbocycles. The summed E-state index contributed by atoms with van der Waals surface area (Å²) in [6.45, 7) is 4.92. The number of carbonyl (C=O) groups is 3. The number of piperidine rings is 1. The molecule has 0 aliphatic carbocycles. The van der Waals surface area contributed by atoms with Crippen LogP contribution in [0.25, 0.3) is 0 Å². The van der Waals surface area contributed by atoms with Crippen LogP contribution in [0.5, 0.6) is 0 Å². The third-order valence-electron chi connectivity index (χ3n) is 4.64. The quantitative estimate of drug-likeness (QED) is 0.806. The van der Waals surface area contributed by atoms with Crippen molar-refractivity contribution in [2.75, 3.05) is 31.1 Å². The molecule has 0 spiro atoms. The minimum Gasteiger partial charge on any atom is -0.450 e. The number of likely N-dealkylation sites (tertiary alicyclic amines) is 1. The van der Waals surface area contributed by atoms with E-state index in [2.05, 4.69) is 5.32 Å². The van der Waals surface area contributed by atoms with Gasteiger partial charge in [0.1, 0.15) is 0 Å². The molecule has 1 saturated heterocycles. The molecule has 1 N–H and O–H groups in total. The molecule has 0 radical (unpaired) electrons. The Bertz CT molecular complexity index is 734. The number of benzene rings is 1. The molecule has 8 nitrogen and oxygen atoms in total. The summed E-state index contributed by atoms with van der Waals surface area (Å²) in [7, 11) is 0. The SMILES string of the molecule is CCOC(=O)N1CCC(NC(=O)CCN(C(C)=O)c2ccc(C#N)cc2)CC1. The molecular formula is C20H26N4O4. The molecular weight excluding hydrogens is 360 g/mol. The molecule has 8 heteroatoms. The maximum Gasteiger partial charge on any atom is 0.409 e. The lowest BCUT2D eigenvalue weighted by atomic mass is 10.1. The number of rotatable bonds is 6. The zero-order valence-corrected chi connectivity index (χ0v) is 16.3. The second-order valence-electron chi connectivity index (χ2n) is 6.61. The van der Waals surface area contributed by atoms with Crippen molar-refractivity contribution in [2.24, 2.45) is 0 Å². The van der Waals surface area contributed by atoms with Gasteiger partial charge >= 0.3 is 6.09 Å². The largest absolute Gasteiger partial charge is 0.450 e. The van der Waals surface area contributed by atoms with E-state index >= 15 is 0 Å². The molecule has 2 rings (SSSR count). The Morgan fingerprint density at radius 2 is 1.89 bits per heavy atom. The summed E-state index contributed by atoms with van der Waals surface area (Å²) >= 11 is 0. The Kier molecular flexibility index (Phi) is 7.81. The summed E-state index contributed by atoms with van der Waals surface area (Å²) in [4.78, 5) is 39.1. The first-order chi connectivity index (χ1) is 13.4. The minimum atomic E-state index is -0.313. The first kappa shape index (κ1) is 21.2. The minimum absolute atomic E-state index is 0.0128. The number of hydrogen-bond acceptors (Lipinski definition) is 5. The van der Waals surface area contributed by atoms with E-state index in [1.807, 2.05) is 6.07 Å². The van der Waals surface area contributed by atoms with Gasteiger partial charge in [-0.25, -0.2) is 4.79 Å². The normalized spacial score (nSPS) is 14.1. The maximum atomic E-state index is 12.3. The summed E-state index contributed by atoms with van der Waals surface area (Å²) < 4.78 is 4.99. The van der Waals surface area contributed by atoms with Gasteiger partial charge < -0.3 is 19.9 Å². The topological polar surface area (TPSA) is 103 Å². The monoisotopic (exact) mass is 386 g/mol. The van der Waals surface area contributed by atoms with Gasteiger partial charge in [-0.15, -0.1) is 0 Å². The summed E-state index contributed by atoms with van der Waals surface area (Å²) in [6, 6.07) is 8.73. The number of carbonyl (C=O) groups excluding carboxylic acids is 3. The molecule has 28 heavy (non-hydrogen) atoms. The molecule has 1 heterocycles. The number of ether oxygens (including phenoxy) is 1. The molecule has 0 aromatic heterocycles. The van der Waals surface area contributed by atoms with Crippen LogP contribution < -0.4 is 10.2 Å². The van der Waals surface area contributed by atoms with Gasteiger partial charge in [-0.05, 0) is 44.0 Å². The third-order valence-corrected chi connectivity index (χ3v) is 4.64. The van der Waals surface area contributed by atoms with E-state index in [4.69, 9.17) is 10.00 Å². The fraction of sp³-hybridized carbons (Fsp3) is 0.500. The van der Waals surface area contributed by atoms with Crippen molar-refractivity contribution < 1.29 is 19.1 Å². The standard InChI is InChI=1S/C20H26N4O4/c1-3-28-20(27)23-11-8-17(9-12-23)22-19(26)10-13-24(15(2)25)18-6-4-16(14-21)5-7-18/h4-7,17H,3,8-13H2,1-2H3,(H,22,26). The van der Waals surface area contributed by atoms with Gasteiger partial charge in [-0.1, -0.05) is 0 Å².